The van der Waals surface area contributed by atoms with Gasteiger partial charge in [0.15, 0.2) is 0 Å². The number of carbonyl (C=O) groups is 2. The van der Waals surface area contributed by atoms with Gasteiger partial charge in [0.25, 0.3) is 5.91 Å². The summed E-state index contributed by atoms with van der Waals surface area (Å²) in [5.74, 6) is 0.477. The molecule has 1 aliphatic rings. The summed E-state index contributed by atoms with van der Waals surface area (Å²) in [6.45, 7) is 8.24. The van der Waals surface area contributed by atoms with Crippen LogP contribution >= 0.6 is 11.6 Å². The molecule has 98 valence electrons. The van der Waals surface area contributed by atoms with E-state index in [0.29, 0.717) is 18.8 Å². The monoisotopic (exact) mass is 260 g/mol. The van der Waals surface area contributed by atoms with Crippen LogP contribution in [0, 0.1) is 11.8 Å². The Bertz CT molecular complexity index is 308. The van der Waals surface area contributed by atoms with E-state index < -0.39 is 5.54 Å². The summed E-state index contributed by atoms with van der Waals surface area (Å²) in [5, 5.41) is 2.87. The molecule has 0 atom stereocenters. The quantitative estimate of drug-likeness (QED) is 0.609. The number of hydrogen-bond acceptors (Lipinski definition) is 2. The van der Waals surface area contributed by atoms with Gasteiger partial charge in [-0.15, -0.1) is 11.6 Å². The average molecular weight is 261 g/mol. The van der Waals surface area contributed by atoms with Crippen LogP contribution in [0.25, 0.3) is 0 Å². The first-order valence-corrected chi connectivity index (χ1v) is 6.61. The summed E-state index contributed by atoms with van der Waals surface area (Å²) in [4.78, 5) is 25.6. The van der Waals surface area contributed by atoms with E-state index in [1.807, 2.05) is 27.7 Å². The van der Waals surface area contributed by atoms with Gasteiger partial charge >= 0.3 is 6.03 Å². The number of rotatable bonds is 5. The molecular weight excluding hydrogens is 240 g/mol. The number of imide groups is 1. The number of urea groups is 1. The first-order chi connectivity index (χ1) is 7.87. The highest BCUT2D eigenvalue weighted by Gasteiger charge is 2.54. The van der Waals surface area contributed by atoms with Crippen molar-refractivity contribution in [1.29, 1.82) is 0 Å². The zero-order valence-electron chi connectivity index (χ0n) is 10.9. The summed E-state index contributed by atoms with van der Waals surface area (Å²) in [7, 11) is 0. The fourth-order valence-electron chi connectivity index (χ4n) is 2.48. The topological polar surface area (TPSA) is 49.4 Å². The van der Waals surface area contributed by atoms with Gasteiger partial charge in [-0.2, -0.15) is 0 Å². The van der Waals surface area contributed by atoms with Crippen molar-refractivity contribution in [2.75, 3.05) is 12.4 Å². The van der Waals surface area contributed by atoms with Gasteiger partial charge in [-0.1, -0.05) is 27.7 Å². The smallest absolute Gasteiger partial charge is 0.323 e. The molecule has 17 heavy (non-hydrogen) atoms. The number of amides is 3. The molecular formula is C12H21ClN2O2. The minimum Gasteiger partial charge on any atom is -0.323 e. The lowest BCUT2D eigenvalue weighted by Gasteiger charge is -2.34. The lowest BCUT2D eigenvalue weighted by Crippen LogP contribution is -2.55. The first kappa shape index (κ1) is 14.3. The number of hydrogen-bond donors (Lipinski definition) is 1. The third-order valence-electron chi connectivity index (χ3n) is 3.49. The van der Waals surface area contributed by atoms with Crippen molar-refractivity contribution in [2.45, 2.75) is 39.7 Å². The third kappa shape index (κ3) is 2.28. The molecule has 3 amide bonds. The van der Waals surface area contributed by atoms with E-state index in [-0.39, 0.29) is 23.8 Å². The fraction of sp³-hybridized carbons (Fsp3) is 0.833. The second-order valence-electron chi connectivity index (χ2n) is 5.11. The van der Waals surface area contributed by atoms with Gasteiger partial charge in [0.2, 0.25) is 0 Å². The number of carbonyl (C=O) groups excluding carboxylic acids is 2. The van der Waals surface area contributed by atoms with E-state index in [1.54, 1.807) is 0 Å². The van der Waals surface area contributed by atoms with E-state index in [1.165, 1.54) is 4.90 Å². The maximum atomic E-state index is 12.4. The highest BCUT2D eigenvalue weighted by atomic mass is 35.5. The van der Waals surface area contributed by atoms with Crippen molar-refractivity contribution in [3.8, 4) is 0 Å². The van der Waals surface area contributed by atoms with Crippen LogP contribution in [0.2, 0.25) is 0 Å². The van der Waals surface area contributed by atoms with Crippen molar-refractivity contribution in [1.82, 2.24) is 10.2 Å². The van der Waals surface area contributed by atoms with E-state index in [0.717, 1.165) is 0 Å². The SMILES string of the molecule is CC(C)C1(C(C)C)NC(=O)N(CCCCl)C1=O. The zero-order valence-corrected chi connectivity index (χ0v) is 11.7. The first-order valence-electron chi connectivity index (χ1n) is 6.08. The van der Waals surface area contributed by atoms with Gasteiger partial charge in [-0.25, -0.2) is 4.79 Å². The Balaban J connectivity index is 2.98. The number of nitrogens with zero attached hydrogens (tertiary/aromatic N) is 1. The van der Waals surface area contributed by atoms with Gasteiger partial charge in [-0.3, -0.25) is 9.69 Å². The lowest BCUT2D eigenvalue weighted by molar-refractivity contribution is -0.134. The minimum absolute atomic E-state index is 0.0694. The molecule has 1 fully saturated rings. The zero-order chi connectivity index (χ0) is 13.2. The van der Waals surface area contributed by atoms with Crippen LogP contribution in [0.1, 0.15) is 34.1 Å². The predicted octanol–water partition coefficient (Wildman–Crippen LogP) is 2.22. The molecule has 0 aromatic carbocycles. The van der Waals surface area contributed by atoms with Crippen LogP contribution in [-0.2, 0) is 4.79 Å². The Morgan fingerprint density at radius 3 is 2.12 bits per heavy atom. The molecule has 1 N–H and O–H groups in total. The summed E-state index contributed by atoms with van der Waals surface area (Å²) in [6.07, 6.45) is 0.632. The molecule has 0 bridgehead atoms. The van der Waals surface area contributed by atoms with Crippen LogP contribution in [0.15, 0.2) is 0 Å². The normalized spacial score (nSPS) is 19.4. The molecule has 1 saturated heterocycles. The molecule has 0 aromatic rings. The molecule has 4 nitrogen and oxygen atoms in total. The van der Waals surface area contributed by atoms with Gasteiger partial charge in [0, 0.05) is 12.4 Å². The van der Waals surface area contributed by atoms with Crippen LogP contribution < -0.4 is 5.32 Å². The molecule has 0 aliphatic carbocycles. The van der Waals surface area contributed by atoms with E-state index in [9.17, 15) is 9.59 Å². The van der Waals surface area contributed by atoms with Crippen LogP contribution in [0.3, 0.4) is 0 Å². The summed E-state index contributed by atoms with van der Waals surface area (Å²) in [5.41, 5.74) is -0.761. The number of alkyl halides is 1. The molecule has 0 aromatic heterocycles. The Hall–Kier alpha value is -0.770. The maximum Gasteiger partial charge on any atom is 0.325 e. The Kier molecular flexibility index (Phi) is 4.42. The van der Waals surface area contributed by atoms with E-state index in [4.69, 9.17) is 11.6 Å². The average Bonchev–Trinajstić information content (AvgIpc) is 2.49. The fourth-order valence-corrected chi connectivity index (χ4v) is 2.60. The number of halogens is 1. The van der Waals surface area contributed by atoms with Crippen molar-refractivity contribution < 1.29 is 9.59 Å². The van der Waals surface area contributed by atoms with Gasteiger partial charge < -0.3 is 5.32 Å². The minimum atomic E-state index is -0.761. The van der Waals surface area contributed by atoms with Gasteiger partial charge in [0.05, 0.1) is 0 Å². The van der Waals surface area contributed by atoms with E-state index in [2.05, 4.69) is 5.32 Å². The third-order valence-corrected chi connectivity index (χ3v) is 3.76. The highest BCUT2D eigenvalue weighted by Crippen LogP contribution is 2.33. The predicted molar refractivity (Wildman–Crippen MR) is 68.0 cm³/mol. The summed E-state index contributed by atoms with van der Waals surface area (Å²) < 4.78 is 0. The molecule has 1 heterocycles. The van der Waals surface area contributed by atoms with Crippen LogP contribution in [-0.4, -0.2) is 34.8 Å². The van der Waals surface area contributed by atoms with Crippen molar-refractivity contribution in [3.05, 3.63) is 0 Å². The van der Waals surface area contributed by atoms with Crippen LogP contribution in [0.4, 0.5) is 4.79 Å². The second kappa shape index (κ2) is 5.25. The van der Waals surface area contributed by atoms with Gasteiger partial charge in [-0.05, 0) is 18.3 Å². The lowest BCUT2D eigenvalue weighted by atomic mass is 9.77. The summed E-state index contributed by atoms with van der Waals surface area (Å²) in [6, 6.07) is -0.289. The second-order valence-corrected chi connectivity index (χ2v) is 5.49. The van der Waals surface area contributed by atoms with Crippen molar-refractivity contribution in [2.24, 2.45) is 11.8 Å². The number of nitrogens with one attached hydrogen (secondary N) is 1. The molecule has 0 unspecified atom stereocenters. The molecule has 5 heteroatoms. The Morgan fingerprint density at radius 2 is 1.76 bits per heavy atom. The van der Waals surface area contributed by atoms with Crippen molar-refractivity contribution in [3.63, 3.8) is 0 Å². The highest BCUT2D eigenvalue weighted by molar-refractivity contribution is 6.17. The molecule has 0 saturated carbocycles. The van der Waals surface area contributed by atoms with Crippen molar-refractivity contribution >= 4 is 23.5 Å². The maximum absolute atomic E-state index is 12.4. The molecule has 1 aliphatic heterocycles. The largest absolute Gasteiger partial charge is 0.325 e. The summed E-state index contributed by atoms with van der Waals surface area (Å²) >= 11 is 5.60. The molecule has 1 rings (SSSR count). The Labute approximate surface area is 108 Å². The molecule has 0 spiro atoms. The van der Waals surface area contributed by atoms with Gasteiger partial charge in [0.1, 0.15) is 5.54 Å². The Morgan fingerprint density at radius 1 is 1.24 bits per heavy atom. The van der Waals surface area contributed by atoms with Crippen LogP contribution in [0.5, 0.6) is 0 Å². The standard InChI is InChI=1S/C12H21ClN2O2/c1-8(2)12(9(3)4)10(16)15(7-5-6-13)11(17)14-12/h8-9H,5-7H2,1-4H3,(H,14,17). The molecule has 0 radical (unpaired) electrons. The van der Waals surface area contributed by atoms with E-state index >= 15 is 0 Å².